The number of nitrogens with zero attached hydrogens (tertiary/aromatic N) is 1. The minimum absolute atomic E-state index is 0.148. The minimum Gasteiger partial charge on any atom is -0.388 e. The molecule has 1 aromatic rings. The number of rotatable bonds is 6. The van der Waals surface area contributed by atoms with Crippen LogP contribution < -0.4 is 0 Å². The van der Waals surface area contributed by atoms with Crippen LogP contribution in [0.1, 0.15) is 32.4 Å². The van der Waals surface area contributed by atoms with E-state index in [4.69, 9.17) is 0 Å². The summed E-state index contributed by atoms with van der Waals surface area (Å²) >= 11 is 0. The Kier molecular flexibility index (Phi) is 4.77. The Labute approximate surface area is 103 Å². The van der Waals surface area contributed by atoms with E-state index in [1.165, 1.54) is 0 Å². The first-order valence-corrected chi connectivity index (χ1v) is 7.72. The van der Waals surface area contributed by atoms with E-state index in [9.17, 15) is 13.5 Å². The molecule has 1 heterocycles. The van der Waals surface area contributed by atoms with Crippen LogP contribution in [0.15, 0.2) is 18.5 Å². The van der Waals surface area contributed by atoms with Crippen molar-refractivity contribution in [1.29, 1.82) is 0 Å². The molecule has 0 aliphatic heterocycles. The van der Waals surface area contributed by atoms with E-state index in [1.807, 2.05) is 36.9 Å². The molecule has 0 aliphatic rings. The predicted octanol–water partition coefficient (Wildman–Crippen LogP) is 1.61. The number of aliphatic hydroxyl groups excluding tert-OH is 1. The lowest BCUT2D eigenvalue weighted by Gasteiger charge is -2.12. The highest BCUT2D eigenvalue weighted by Crippen LogP contribution is 2.21. The zero-order valence-electron chi connectivity index (χ0n) is 10.6. The van der Waals surface area contributed by atoms with Crippen LogP contribution in [0, 0.1) is 5.92 Å². The first-order chi connectivity index (χ1) is 7.85. The number of sulfone groups is 1. The van der Waals surface area contributed by atoms with E-state index in [2.05, 4.69) is 0 Å². The molecule has 0 saturated heterocycles. The maximum atomic E-state index is 11.4. The Morgan fingerprint density at radius 2 is 2.06 bits per heavy atom. The number of aryl methyl sites for hydroxylation is 1. The molecule has 0 radical (unpaired) electrons. The third kappa shape index (κ3) is 4.16. The van der Waals surface area contributed by atoms with Crippen molar-refractivity contribution in [3.63, 3.8) is 0 Å². The highest BCUT2D eigenvalue weighted by atomic mass is 32.2. The maximum absolute atomic E-state index is 11.4. The average molecular weight is 259 g/mol. The second kappa shape index (κ2) is 5.69. The smallest absolute Gasteiger partial charge is 0.151 e. The van der Waals surface area contributed by atoms with Gasteiger partial charge in [-0.15, -0.1) is 0 Å². The van der Waals surface area contributed by atoms with Crippen molar-refractivity contribution in [3.8, 4) is 0 Å². The van der Waals surface area contributed by atoms with Gasteiger partial charge in [-0.3, -0.25) is 0 Å². The zero-order valence-corrected chi connectivity index (χ0v) is 11.4. The predicted molar refractivity (Wildman–Crippen MR) is 68.6 cm³/mol. The lowest BCUT2D eigenvalue weighted by Crippen LogP contribution is -2.13. The fraction of sp³-hybridized carbons (Fsp3) is 0.667. The van der Waals surface area contributed by atoms with Gasteiger partial charge in [0.15, 0.2) is 9.84 Å². The van der Waals surface area contributed by atoms with Crippen LogP contribution in [-0.4, -0.2) is 29.6 Å². The van der Waals surface area contributed by atoms with Gasteiger partial charge >= 0.3 is 0 Å². The van der Waals surface area contributed by atoms with E-state index in [-0.39, 0.29) is 17.4 Å². The standard InChI is InChI=1S/C12H21NO3S/c1-4-17(15,16)8-7-13-6-5-11(9-13)12(14)10(2)3/h5-6,9-10,12,14H,4,7-8H2,1-3H3. The molecule has 0 aliphatic carbocycles. The molecule has 0 aromatic carbocycles. The summed E-state index contributed by atoms with van der Waals surface area (Å²) in [4.78, 5) is 0. The molecule has 0 bridgehead atoms. The summed E-state index contributed by atoms with van der Waals surface area (Å²) in [7, 11) is -2.93. The quantitative estimate of drug-likeness (QED) is 0.844. The third-order valence-electron chi connectivity index (χ3n) is 2.85. The van der Waals surface area contributed by atoms with Gasteiger partial charge in [0.1, 0.15) is 0 Å². The van der Waals surface area contributed by atoms with Crippen molar-refractivity contribution in [2.45, 2.75) is 33.4 Å². The molecule has 1 atom stereocenters. The summed E-state index contributed by atoms with van der Waals surface area (Å²) in [5.74, 6) is 0.482. The van der Waals surface area contributed by atoms with Crippen LogP contribution in [0.25, 0.3) is 0 Å². The lowest BCUT2D eigenvalue weighted by molar-refractivity contribution is 0.127. The molecule has 4 nitrogen and oxygen atoms in total. The largest absolute Gasteiger partial charge is 0.388 e. The molecule has 98 valence electrons. The molecule has 1 N–H and O–H groups in total. The fourth-order valence-electron chi connectivity index (χ4n) is 1.55. The SMILES string of the molecule is CCS(=O)(=O)CCn1ccc(C(O)C(C)C)c1. The van der Waals surface area contributed by atoms with Gasteiger partial charge in [-0.2, -0.15) is 0 Å². The Morgan fingerprint density at radius 3 is 2.59 bits per heavy atom. The Hall–Kier alpha value is -0.810. The third-order valence-corrected chi connectivity index (χ3v) is 4.53. The first kappa shape index (κ1) is 14.3. The normalized spacial score (nSPS) is 14.2. The summed E-state index contributed by atoms with van der Waals surface area (Å²) in [5.41, 5.74) is 0.842. The van der Waals surface area contributed by atoms with Crippen molar-refractivity contribution >= 4 is 9.84 Å². The Bertz CT molecular complexity index is 448. The summed E-state index contributed by atoms with van der Waals surface area (Å²) in [6, 6.07) is 1.84. The summed E-state index contributed by atoms with van der Waals surface area (Å²) in [5, 5.41) is 9.85. The molecule has 1 aromatic heterocycles. The van der Waals surface area contributed by atoms with Crippen molar-refractivity contribution < 1.29 is 13.5 Å². The molecular formula is C12H21NO3S. The Balaban J connectivity index is 2.64. The van der Waals surface area contributed by atoms with Crippen molar-refractivity contribution in [2.75, 3.05) is 11.5 Å². The second-order valence-electron chi connectivity index (χ2n) is 4.61. The van der Waals surface area contributed by atoms with E-state index in [0.29, 0.717) is 6.54 Å². The monoisotopic (exact) mass is 259 g/mol. The Morgan fingerprint density at radius 1 is 1.41 bits per heavy atom. The molecule has 1 unspecified atom stereocenters. The van der Waals surface area contributed by atoms with Crippen molar-refractivity contribution in [3.05, 3.63) is 24.0 Å². The van der Waals surface area contributed by atoms with Crippen LogP contribution in [0.2, 0.25) is 0 Å². The van der Waals surface area contributed by atoms with Crippen LogP contribution in [-0.2, 0) is 16.4 Å². The number of hydrogen-bond acceptors (Lipinski definition) is 3. The molecule has 0 fully saturated rings. The van der Waals surface area contributed by atoms with Crippen LogP contribution >= 0.6 is 0 Å². The highest BCUT2D eigenvalue weighted by molar-refractivity contribution is 7.91. The summed E-state index contributed by atoms with van der Waals surface area (Å²) in [6.07, 6.45) is 3.14. The molecule has 0 amide bonds. The van der Waals surface area contributed by atoms with Crippen molar-refractivity contribution in [2.24, 2.45) is 5.92 Å². The van der Waals surface area contributed by atoms with Gasteiger partial charge in [0.05, 0.1) is 11.9 Å². The van der Waals surface area contributed by atoms with Gasteiger partial charge in [-0.05, 0) is 17.5 Å². The van der Waals surface area contributed by atoms with Gasteiger partial charge in [0, 0.05) is 24.7 Å². The zero-order chi connectivity index (χ0) is 13.1. The molecule has 1 rings (SSSR count). The van der Waals surface area contributed by atoms with E-state index in [1.54, 1.807) is 6.92 Å². The molecular weight excluding hydrogens is 238 g/mol. The highest BCUT2D eigenvalue weighted by Gasteiger charge is 2.13. The van der Waals surface area contributed by atoms with Crippen LogP contribution in [0.5, 0.6) is 0 Å². The van der Waals surface area contributed by atoms with Crippen LogP contribution in [0.3, 0.4) is 0 Å². The van der Waals surface area contributed by atoms with Gasteiger partial charge in [0.25, 0.3) is 0 Å². The maximum Gasteiger partial charge on any atom is 0.151 e. The van der Waals surface area contributed by atoms with Gasteiger partial charge in [-0.1, -0.05) is 20.8 Å². The lowest BCUT2D eigenvalue weighted by atomic mass is 10.0. The van der Waals surface area contributed by atoms with E-state index < -0.39 is 15.9 Å². The summed E-state index contributed by atoms with van der Waals surface area (Å²) < 4.78 is 24.5. The van der Waals surface area contributed by atoms with Gasteiger partial charge in [-0.25, -0.2) is 8.42 Å². The molecule has 0 saturated carbocycles. The second-order valence-corrected chi connectivity index (χ2v) is 7.08. The number of aliphatic hydroxyl groups is 1. The molecule has 5 heteroatoms. The molecule has 17 heavy (non-hydrogen) atoms. The topological polar surface area (TPSA) is 59.3 Å². The number of aromatic nitrogens is 1. The van der Waals surface area contributed by atoms with E-state index >= 15 is 0 Å². The van der Waals surface area contributed by atoms with Gasteiger partial charge in [0.2, 0.25) is 0 Å². The fourth-order valence-corrected chi connectivity index (χ4v) is 2.32. The number of hydrogen-bond donors (Lipinski definition) is 1. The summed E-state index contributed by atoms with van der Waals surface area (Å²) in [6.45, 7) is 5.99. The van der Waals surface area contributed by atoms with E-state index in [0.717, 1.165) is 5.56 Å². The minimum atomic E-state index is -2.93. The van der Waals surface area contributed by atoms with Crippen LogP contribution in [0.4, 0.5) is 0 Å². The molecule has 0 spiro atoms. The average Bonchev–Trinajstić information content (AvgIpc) is 2.74. The van der Waals surface area contributed by atoms with Gasteiger partial charge < -0.3 is 9.67 Å². The van der Waals surface area contributed by atoms with Crippen molar-refractivity contribution in [1.82, 2.24) is 4.57 Å². The first-order valence-electron chi connectivity index (χ1n) is 5.90.